The van der Waals surface area contributed by atoms with Crippen LogP contribution in [0.4, 0.5) is 0 Å². The highest BCUT2D eigenvalue weighted by molar-refractivity contribution is 5.94. The number of methoxy groups -OCH3 is 1. The third kappa shape index (κ3) is 5.77. The molecule has 0 atom stereocenters. The van der Waals surface area contributed by atoms with Crippen molar-refractivity contribution >= 4 is 11.6 Å². The van der Waals surface area contributed by atoms with E-state index in [1.807, 2.05) is 54.8 Å². The molecule has 9 heteroatoms. The Morgan fingerprint density at radius 1 is 1.05 bits per heavy atom. The van der Waals surface area contributed by atoms with Crippen molar-refractivity contribution in [1.29, 1.82) is 5.26 Å². The molecular weight excluding hydrogens is 490 g/mol. The van der Waals surface area contributed by atoms with Crippen LogP contribution in [0.2, 0.25) is 0 Å². The van der Waals surface area contributed by atoms with Crippen LogP contribution in [0.25, 0.3) is 28.2 Å². The summed E-state index contributed by atoms with van der Waals surface area (Å²) in [6.45, 7) is 6.17. The van der Waals surface area contributed by atoms with Crippen LogP contribution in [0, 0.1) is 18.3 Å². The maximum absolute atomic E-state index is 12.9. The van der Waals surface area contributed by atoms with Gasteiger partial charge in [0.15, 0.2) is 0 Å². The van der Waals surface area contributed by atoms with E-state index in [-0.39, 0.29) is 11.9 Å². The van der Waals surface area contributed by atoms with Crippen LogP contribution >= 0.6 is 0 Å². The molecule has 2 aromatic heterocycles. The second kappa shape index (κ2) is 11.6. The number of benzene rings is 2. The number of aryl methyl sites for hydroxylation is 1. The number of fused-ring (bicyclic) bond motifs is 1. The number of imidazole rings is 1. The Labute approximate surface area is 228 Å². The largest absolute Gasteiger partial charge is 0.478 e. The van der Waals surface area contributed by atoms with Crippen molar-refractivity contribution in [2.24, 2.45) is 0 Å². The fraction of sp³-hybridized carbons (Fsp3) is 0.333. The van der Waals surface area contributed by atoms with E-state index in [0.29, 0.717) is 28.5 Å². The Hall–Kier alpha value is -4.26. The molecule has 0 spiro atoms. The van der Waals surface area contributed by atoms with E-state index in [1.54, 1.807) is 18.3 Å². The molecule has 39 heavy (non-hydrogen) atoms. The molecule has 2 N–H and O–H groups in total. The smallest absolute Gasteiger partial charge is 0.271 e. The molecule has 200 valence electrons. The Balaban J connectivity index is 0.000000555. The van der Waals surface area contributed by atoms with E-state index in [4.69, 9.17) is 9.72 Å². The lowest BCUT2D eigenvalue weighted by Gasteiger charge is -2.36. The maximum atomic E-state index is 12.9. The van der Waals surface area contributed by atoms with E-state index < -0.39 is 0 Å². The zero-order chi connectivity index (χ0) is 27.4. The fourth-order valence-electron chi connectivity index (χ4n) is 4.83. The zero-order valence-corrected chi connectivity index (χ0v) is 22.6. The van der Waals surface area contributed by atoms with Crippen molar-refractivity contribution in [3.8, 4) is 34.5 Å². The second-order valence-electron chi connectivity index (χ2n) is 10.0. The number of amides is 1. The number of rotatable bonds is 5. The molecule has 4 aromatic rings. The van der Waals surface area contributed by atoms with Gasteiger partial charge in [-0.05, 0) is 52.0 Å². The lowest BCUT2D eigenvalue weighted by molar-refractivity contribution is 0.0853. The van der Waals surface area contributed by atoms with Crippen molar-refractivity contribution in [2.45, 2.75) is 25.8 Å². The first kappa shape index (κ1) is 26.4. The summed E-state index contributed by atoms with van der Waals surface area (Å²) in [5, 5.41) is 15.5. The standard InChI is InChI=1S/C26H24N6O2.C4H9N/c1-16-4-8-19(9-5-16)23-22(18-10-6-17(12-27)7-11-18)30-26(34-3)24-29-21(15-32(23)24)25(33)28-20-13-31(2)14-20;1-2-4-5-3-1/h4-11,15,20H,13-14H2,1-3H3,(H,28,33);5H,1-4H2. The summed E-state index contributed by atoms with van der Waals surface area (Å²) >= 11 is 0. The first-order valence-electron chi connectivity index (χ1n) is 13.2. The average Bonchev–Trinajstić information content (AvgIpc) is 3.66. The van der Waals surface area contributed by atoms with Crippen LogP contribution in [0.3, 0.4) is 0 Å². The molecule has 6 rings (SSSR count). The van der Waals surface area contributed by atoms with E-state index in [0.717, 1.165) is 35.5 Å². The lowest BCUT2D eigenvalue weighted by Crippen LogP contribution is -2.57. The molecule has 0 radical (unpaired) electrons. The molecule has 2 aliphatic rings. The average molecular weight is 524 g/mol. The van der Waals surface area contributed by atoms with Gasteiger partial charge in [-0.2, -0.15) is 5.26 Å². The highest BCUT2D eigenvalue weighted by atomic mass is 16.5. The number of hydrogen-bond acceptors (Lipinski definition) is 7. The monoisotopic (exact) mass is 523 g/mol. The summed E-state index contributed by atoms with van der Waals surface area (Å²) in [6.07, 6.45) is 4.51. The number of likely N-dealkylation sites (N-methyl/N-ethyl adjacent to an activating group) is 1. The van der Waals surface area contributed by atoms with E-state index in [1.165, 1.54) is 33.0 Å². The first-order chi connectivity index (χ1) is 19.0. The molecule has 0 unspecified atom stereocenters. The van der Waals surface area contributed by atoms with Crippen LogP contribution in [0.1, 0.15) is 34.5 Å². The van der Waals surface area contributed by atoms with Crippen LogP contribution in [-0.4, -0.2) is 71.6 Å². The SMILES string of the molecule is C1CCNC1.COc1nc(-c2ccc(C#N)cc2)c(-c2ccc(C)cc2)n2cc(C(=O)NC3CN(C)C3)nc12. The van der Waals surface area contributed by atoms with Gasteiger partial charge in [0.1, 0.15) is 5.69 Å². The van der Waals surface area contributed by atoms with Gasteiger partial charge >= 0.3 is 0 Å². The van der Waals surface area contributed by atoms with Gasteiger partial charge in [0, 0.05) is 30.4 Å². The Morgan fingerprint density at radius 2 is 1.72 bits per heavy atom. The molecule has 9 nitrogen and oxygen atoms in total. The van der Waals surface area contributed by atoms with Gasteiger partial charge < -0.3 is 20.3 Å². The minimum absolute atomic E-state index is 0.119. The quantitative estimate of drug-likeness (QED) is 0.411. The third-order valence-electron chi connectivity index (χ3n) is 6.97. The molecule has 2 saturated heterocycles. The zero-order valence-electron chi connectivity index (χ0n) is 22.6. The van der Waals surface area contributed by atoms with E-state index in [9.17, 15) is 10.1 Å². The van der Waals surface area contributed by atoms with Gasteiger partial charge in [-0.3, -0.25) is 9.20 Å². The number of nitriles is 1. The fourth-order valence-corrected chi connectivity index (χ4v) is 4.83. The van der Waals surface area contributed by atoms with Crippen LogP contribution < -0.4 is 15.4 Å². The van der Waals surface area contributed by atoms with Gasteiger partial charge in [-0.1, -0.05) is 42.0 Å². The summed E-state index contributed by atoms with van der Waals surface area (Å²) in [7, 11) is 3.55. The van der Waals surface area contributed by atoms with Crippen molar-refractivity contribution in [2.75, 3.05) is 40.3 Å². The van der Waals surface area contributed by atoms with Crippen molar-refractivity contribution in [3.05, 3.63) is 71.5 Å². The highest BCUT2D eigenvalue weighted by Gasteiger charge is 2.27. The van der Waals surface area contributed by atoms with Crippen LogP contribution in [0.15, 0.2) is 54.7 Å². The maximum Gasteiger partial charge on any atom is 0.271 e. The normalized spacial score (nSPS) is 15.2. The summed E-state index contributed by atoms with van der Waals surface area (Å²) in [5.74, 6) is 0.0938. The first-order valence-corrected chi connectivity index (χ1v) is 13.2. The van der Waals surface area contributed by atoms with E-state index in [2.05, 4.69) is 26.6 Å². The topological polar surface area (TPSA) is 108 Å². The number of nitrogens with zero attached hydrogens (tertiary/aromatic N) is 5. The summed E-state index contributed by atoms with van der Waals surface area (Å²) in [6, 6.07) is 17.6. The van der Waals surface area contributed by atoms with Gasteiger partial charge in [0.25, 0.3) is 11.8 Å². The number of hydrogen-bond donors (Lipinski definition) is 2. The molecule has 0 bridgehead atoms. The molecule has 2 aliphatic heterocycles. The number of nitrogens with one attached hydrogen (secondary N) is 2. The van der Waals surface area contributed by atoms with Crippen molar-refractivity contribution in [1.82, 2.24) is 29.9 Å². The van der Waals surface area contributed by atoms with E-state index >= 15 is 0 Å². The van der Waals surface area contributed by atoms with Gasteiger partial charge in [0.2, 0.25) is 5.65 Å². The predicted octanol–water partition coefficient (Wildman–Crippen LogP) is 3.67. The molecule has 0 saturated carbocycles. The Kier molecular flexibility index (Phi) is 7.87. The second-order valence-corrected chi connectivity index (χ2v) is 10.0. The van der Waals surface area contributed by atoms with Gasteiger partial charge in [-0.15, -0.1) is 0 Å². The molecule has 2 aromatic carbocycles. The molecule has 4 heterocycles. The summed E-state index contributed by atoms with van der Waals surface area (Å²) < 4.78 is 7.45. The van der Waals surface area contributed by atoms with Crippen LogP contribution in [0.5, 0.6) is 5.88 Å². The summed E-state index contributed by atoms with van der Waals surface area (Å²) in [5.41, 5.74) is 5.68. The molecule has 2 fully saturated rings. The molecule has 0 aliphatic carbocycles. The van der Waals surface area contributed by atoms with Crippen LogP contribution in [-0.2, 0) is 0 Å². The van der Waals surface area contributed by atoms with Gasteiger partial charge in [0.05, 0.1) is 36.2 Å². The number of carbonyl (C=O) groups is 1. The lowest BCUT2D eigenvalue weighted by atomic mass is 10.0. The Bertz CT molecular complexity index is 1490. The predicted molar refractivity (Wildman–Crippen MR) is 151 cm³/mol. The molecule has 1 amide bonds. The van der Waals surface area contributed by atoms with Gasteiger partial charge in [-0.25, -0.2) is 9.97 Å². The Morgan fingerprint density at radius 3 is 2.28 bits per heavy atom. The number of carbonyl (C=O) groups excluding carboxylic acids is 1. The summed E-state index contributed by atoms with van der Waals surface area (Å²) in [4.78, 5) is 24.5. The van der Waals surface area contributed by atoms with Crippen molar-refractivity contribution < 1.29 is 9.53 Å². The third-order valence-corrected chi connectivity index (χ3v) is 6.97. The number of likely N-dealkylation sites (tertiary alicyclic amines) is 1. The number of aromatic nitrogens is 3. The number of ether oxygens (including phenoxy) is 1. The molecular formula is C30H33N7O2. The highest BCUT2D eigenvalue weighted by Crippen LogP contribution is 2.35. The minimum Gasteiger partial charge on any atom is -0.478 e. The minimum atomic E-state index is -0.223. The van der Waals surface area contributed by atoms with Crippen molar-refractivity contribution in [3.63, 3.8) is 0 Å².